The van der Waals surface area contributed by atoms with E-state index >= 15 is 0 Å². The second kappa shape index (κ2) is 6.81. The van der Waals surface area contributed by atoms with Gasteiger partial charge in [-0.2, -0.15) is 4.98 Å². The second-order valence-corrected chi connectivity index (χ2v) is 5.93. The first-order valence-corrected chi connectivity index (χ1v) is 8.04. The zero-order chi connectivity index (χ0) is 16.2. The standard InChI is InChI=1S/C17H22N4O2/c1-12(13-7-3-4-8-14(13)23-2)11-16(22)19-17-18-15-9-5-6-10-21(15)20-17/h3-4,7-8,12H,5-6,9-11H2,1-2H3,(H,19,20,22). The first-order chi connectivity index (χ1) is 11.2. The van der Waals surface area contributed by atoms with Crippen molar-refractivity contribution in [3.8, 4) is 5.75 Å². The number of nitrogens with one attached hydrogen (secondary N) is 1. The number of fused-ring (bicyclic) bond motifs is 1. The summed E-state index contributed by atoms with van der Waals surface area (Å²) in [7, 11) is 1.64. The van der Waals surface area contributed by atoms with E-state index in [1.54, 1.807) is 7.11 Å². The van der Waals surface area contributed by atoms with Crippen molar-refractivity contribution in [3.63, 3.8) is 0 Å². The highest BCUT2D eigenvalue weighted by atomic mass is 16.5. The fourth-order valence-corrected chi connectivity index (χ4v) is 2.97. The monoisotopic (exact) mass is 314 g/mol. The van der Waals surface area contributed by atoms with Crippen LogP contribution in [0.3, 0.4) is 0 Å². The molecule has 1 aliphatic heterocycles. The maximum Gasteiger partial charge on any atom is 0.248 e. The zero-order valence-corrected chi connectivity index (χ0v) is 13.6. The molecule has 1 aromatic heterocycles. The number of benzene rings is 1. The number of hydrogen-bond acceptors (Lipinski definition) is 4. The van der Waals surface area contributed by atoms with E-state index in [0.29, 0.717) is 12.4 Å². The van der Waals surface area contributed by atoms with Crippen molar-refractivity contribution in [1.29, 1.82) is 0 Å². The third-order valence-electron chi connectivity index (χ3n) is 4.18. The quantitative estimate of drug-likeness (QED) is 0.921. The van der Waals surface area contributed by atoms with E-state index in [4.69, 9.17) is 4.74 Å². The lowest BCUT2D eigenvalue weighted by atomic mass is 9.96. The van der Waals surface area contributed by atoms with Crippen LogP contribution in [0, 0.1) is 0 Å². The number of amides is 1. The van der Waals surface area contributed by atoms with Gasteiger partial charge in [0.2, 0.25) is 11.9 Å². The Morgan fingerprint density at radius 3 is 3.00 bits per heavy atom. The Morgan fingerprint density at radius 2 is 2.22 bits per heavy atom. The van der Waals surface area contributed by atoms with E-state index in [2.05, 4.69) is 15.4 Å². The number of aromatic nitrogens is 3. The minimum Gasteiger partial charge on any atom is -0.496 e. The van der Waals surface area contributed by atoms with Crippen molar-refractivity contribution >= 4 is 11.9 Å². The van der Waals surface area contributed by atoms with E-state index in [9.17, 15) is 4.79 Å². The van der Waals surface area contributed by atoms with Crippen molar-refractivity contribution < 1.29 is 9.53 Å². The average molecular weight is 314 g/mol. The molecule has 1 aliphatic rings. The Labute approximate surface area is 135 Å². The number of carbonyl (C=O) groups is 1. The molecule has 1 unspecified atom stereocenters. The lowest BCUT2D eigenvalue weighted by Crippen LogP contribution is -2.16. The van der Waals surface area contributed by atoms with Gasteiger partial charge in [-0.15, -0.1) is 5.10 Å². The number of ether oxygens (including phenoxy) is 1. The van der Waals surface area contributed by atoms with Crippen molar-refractivity contribution in [2.45, 2.75) is 45.1 Å². The molecule has 122 valence electrons. The summed E-state index contributed by atoms with van der Waals surface area (Å²) in [6, 6.07) is 7.78. The summed E-state index contributed by atoms with van der Waals surface area (Å²) < 4.78 is 7.25. The number of rotatable bonds is 5. The predicted molar refractivity (Wildman–Crippen MR) is 87.6 cm³/mol. The highest BCUT2D eigenvalue weighted by molar-refractivity contribution is 5.89. The van der Waals surface area contributed by atoms with E-state index in [0.717, 1.165) is 42.9 Å². The number of carbonyl (C=O) groups excluding carboxylic acids is 1. The normalized spacial score (nSPS) is 14.9. The number of anilines is 1. The van der Waals surface area contributed by atoms with Crippen molar-refractivity contribution in [3.05, 3.63) is 35.7 Å². The zero-order valence-electron chi connectivity index (χ0n) is 13.6. The minimum absolute atomic E-state index is 0.0587. The fraction of sp³-hybridized carbons (Fsp3) is 0.471. The van der Waals surface area contributed by atoms with E-state index in [-0.39, 0.29) is 11.8 Å². The van der Waals surface area contributed by atoms with Crippen molar-refractivity contribution in [2.24, 2.45) is 0 Å². The summed E-state index contributed by atoms with van der Waals surface area (Å²) in [5.41, 5.74) is 1.03. The van der Waals surface area contributed by atoms with E-state index < -0.39 is 0 Å². The minimum atomic E-state index is -0.0775. The first-order valence-electron chi connectivity index (χ1n) is 8.04. The van der Waals surface area contributed by atoms with Crippen LogP contribution in [0.2, 0.25) is 0 Å². The van der Waals surface area contributed by atoms with Gasteiger partial charge in [-0.1, -0.05) is 25.1 Å². The molecule has 6 nitrogen and oxygen atoms in total. The van der Waals surface area contributed by atoms with Gasteiger partial charge in [0.25, 0.3) is 0 Å². The lowest BCUT2D eigenvalue weighted by molar-refractivity contribution is -0.116. The van der Waals surface area contributed by atoms with Crippen LogP contribution >= 0.6 is 0 Å². The summed E-state index contributed by atoms with van der Waals surface area (Å²) >= 11 is 0. The van der Waals surface area contributed by atoms with E-state index in [1.807, 2.05) is 35.9 Å². The molecule has 1 atom stereocenters. The van der Waals surface area contributed by atoms with Crippen LogP contribution < -0.4 is 10.1 Å². The average Bonchev–Trinajstić information content (AvgIpc) is 2.96. The molecule has 2 aromatic rings. The molecule has 0 aliphatic carbocycles. The topological polar surface area (TPSA) is 69.0 Å². The van der Waals surface area contributed by atoms with Crippen molar-refractivity contribution in [2.75, 3.05) is 12.4 Å². The molecule has 0 radical (unpaired) electrons. The van der Waals surface area contributed by atoms with Crippen LogP contribution in [-0.2, 0) is 17.8 Å². The molecule has 0 saturated carbocycles. The summed E-state index contributed by atoms with van der Waals surface area (Å²) in [6.45, 7) is 2.90. The van der Waals surface area contributed by atoms with Crippen LogP contribution in [0.15, 0.2) is 24.3 Å². The molecule has 0 bridgehead atoms. The highest BCUT2D eigenvalue weighted by Crippen LogP contribution is 2.28. The van der Waals surface area contributed by atoms with Gasteiger partial charge in [0.05, 0.1) is 7.11 Å². The summed E-state index contributed by atoms with van der Waals surface area (Å²) in [4.78, 5) is 16.7. The van der Waals surface area contributed by atoms with Crippen molar-refractivity contribution in [1.82, 2.24) is 14.8 Å². The van der Waals surface area contributed by atoms with E-state index in [1.165, 1.54) is 0 Å². The lowest BCUT2D eigenvalue weighted by Gasteiger charge is -2.14. The number of para-hydroxylation sites is 1. The Bertz CT molecular complexity index is 672. The Hall–Kier alpha value is -2.37. The third kappa shape index (κ3) is 3.52. The van der Waals surface area contributed by atoms with Crippen LogP contribution in [0.25, 0.3) is 0 Å². The maximum atomic E-state index is 12.3. The van der Waals surface area contributed by atoms with Gasteiger partial charge in [-0.3, -0.25) is 10.1 Å². The largest absolute Gasteiger partial charge is 0.496 e. The molecular weight excluding hydrogens is 292 g/mol. The molecule has 6 heteroatoms. The van der Waals surface area contributed by atoms with Gasteiger partial charge < -0.3 is 4.74 Å². The molecule has 2 heterocycles. The Morgan fingerprint density at radius 1 is 1.39 bits per heavy atom. The van der Waals surface area contributed by atoms with Crippen LogP contribution in [0.1, 0.15) is 43.5 Å². The molecule has 23 heavy (non-hydrogen) atoms. The summed E-state index contributed by atoms with van der Waals surface area (Å²) in [5, 5.41) is 7.17. The third-order valence-corrected chi connectivity index (χ3v) is 4.18. The van der Waals surface area contributed by atoms with Gasteiger partial charge in [0.15, 0.2) is 0 Å². The summed E-state index contributed by atoms with van der Waals surface area (Å²) in [6.07, 6.45) is 3.55. The fourth-order valence-electron chi connectivity index (χ4n) is 2.97. The Balaban J connectivity index is 1.63. The molecule has 3 rings (SSSR count). The van der Waals surface area contributed by atoms with Gasteiger partial charge in [-0.25, -0.2) is 4.68 Å². The second-order valence-electron chi connectivity index (χ2n) is 5.93. The first kappa shape index (κ1) is 15.5. The van der Waals surface area contributed by atoms with Crippen LogP contribution in [0.5, 0.6) is 5.75 Å². The van der Waals surface area contributed by atoms with Gasteiger partial charge in [0, 0.05) is 19.4 Å². The number of hydrogen-bond donors (Lipinski definition) is 1. The van der Waals surface area contributed by atoms with Crippen LogP contribution in [-0.4, -0.2) is 27.8 Å². The Kier molecular flexibility index (Phi) is 4.60. The summed E-state index contributed by atoms with van der Waals surface area (Å²) in [5.74, 6) is 2.17. The molecular formula is C17H22N4O2. The SMILES string of the molecule is COc1ccccc1C(C)CC(=O)Nc1nc2n(n1)CCCC2. The number of nitrogens with zero attached hydrogens (tertiary/aromatic N) is 3. The molecule has 0 spiro atoms. The number of methoxy groups -OCH3 is 1. The molecule has 0 saturated heterocycles. The number of aryl methyl sites for hydroxylation is 2. The maximum absolute atomic E-state index is 12.3. The molecule has 1 amide bonds. The molecule has 1 aromatic carbocycles. The highest BCUT2D eigenvalue weighted by Gasteiger charge is 2.18. The van der Waals surface area contributed by atoms with Gasteiger partial charge in [-0.05, 0) is 30.4 Å². The molecule has 0 fully saturated rings. The predicted octanol–water partition coefficient (Wildman–Crippen LogP) is 2.76. The molecule has 1 N–H and O–H groups in total. The van der Waals surface area contributed by atoms with Gasteiger partial charge in [0.1, 0.15) is 11.6 Å². The van der Waals surface area contributed by atoms with Crippen LogP contribution in [0.4, 0.5) is 5.95 Å². The van der Waals surface area contributed by atoms with Gasteiger partial charge >= 0.3 is 0 Å². The smallest absolute Gasteiger partial charge is 0.248 e.